The number of aromatic nitrogens is 1. The Balaban J connectivity index is 0. The maximum Gasteiger partial charge on any atom is 3.00 e. The second-order valence-electron chi connectivity index (χ2n) is 8.30. The van der Waals surface area contributed by atoms with Crippen LogP contribution in [-0.4, -0.2) is 16.4 Å². The number of benzene rings is 2. The minimum atomic E-state index is 0. The smallest absolute Gasteiger partial charge is 1.00 e. The maximum absolute atomic E-state index is 4.91. The molecule has 0 unspecified atom stereocenters. The largest absolute Gasteiger partial charge is 3.00 e. The first-order valence-corrected chi connectivity index (χ1v) is 10.4. The molecule has 184 valence electrons. The molecule has 3 nitrogen and oxygen atoms in total. The van der Waals surface area contributed by atoms with Gasteiger partial charge in [-0.15, -0.1) is 0 Å². The second-order valence-corrected chi connectivity index (χ2v) is 8.30. The average molecular weight is 563 g/mol. The van der Waals surface area contributed by atoms with E-state index >= 15 is 0 Å². The van der Waals surface area contributed by atoms with Gasteiger partial charge in [-0.05, 0) is 89.8 Å². The quantitative estimate of drug-likeness (QED) is 0.347. The Labute approximate surface area is 233 Å². The van der Waals surface area contributed by atoms with Crippen LogP contribution < -0.4 is 37.2 Å². The molecular weight excluding hydrogens is 532 g/mol. The predicted molar refractivity (Wildman–Crippen MR) is 129 cm³/mol. The van der Waals surface area contributed by atoms with Crippen LogP contribution in [0.1, 0.15) is 58.6 Å². The predicted octanol–water partition coefficient (Wildman–Crippen LogP) is -1.78. The van der Waals surface area contributed by atoms with E-state index in [9.17, 15) is 0 Å². The van der Waals surface area contributed by atoms with Gasteiger partial charge >= 0.3 is 16.8 Å². The van der Waals surface area contributed by atoms with Crippen LogP contribution in [0.4, 0.5) is 11.4 Å². The van der Waals surface area contributed by atoms with Crippen molar-refractivity contribution in [3.63, 3.8) is 0 Å². The van der Waals surface area contributed by atoms with Crippen LogP contribution in [0.5, 0.6) is 0 Å². The molecule has 2 aromatic carbocycles. The van der Waals surface area contributed by atoms with Crippen LogP contribution in [0, 0.1) is 41.5 Å². The summed E-state index contributed by atoms with van der Waals surface area (Å²) in [7, 11) is 0. The molecule has 0 N–H and O–H groups in total. The minimum absolute atomic E-state index is 0. The number of aliphatic imine (C=N–C) groups is 2. The van der Waals surface area contributed by atoms with Crippen LogP contribution in [-0.2, 0) is 16.8 Å². The molecule has 1 aromatic heterocycles. The van der Waals surface area contributed by atoms with Gasteiger partial charge in [0.1, 0.15) is 0 Å². The normalized spacial score (nSPS) is 10.9. The molecule has 0 aliphatic carbocycles. The van der Waals surface area contributed by atoms with Gasteiger partial charge in [-0.2, -0.15) is 0 Å². The van der Waals surface area contributed by atoms with Crippen molar-refractivity contribution in [3.05, 3.63) is 87.2 Å². The molecule has 0 bridgehead atoms. The molecule has 0 atom stereocenters. The third kappa shape index (κ3) is 8.21. The van der Waals surface area contributed by atoms with Gasteiger partial charge in [0.05, 0.1) is 34.2 Å². The topological polar surface area (TPSA) is 37.6 Å². The van der Waals surface area contributed by atoms with Gasteiger partial charge in [0.15, 0.2) is 0 Å². The third-order valence-corrected chi connectivity index (χ3v) is 5.32. The van der Waals surface area contributed by atoms with E-state index in [2.05, 4.69) is 65.8 Å². The molecule has 0 fully saturated rings. The summed E-state index contributed by atoms with van der Waals surface area (Å²) < 4.78 is 0. The van der Waals surface area contributed by atoms with E-state index in [1.165, 1.54) is 33.4 Å². The van der Waals surface area contributed by atoms with Gasteiger partial charge in [0.2, 0.25) is 0 Å². The van der Waals surface area contributed by atoms with Crippen LogP contribution in [0.15, 0.2) is 52.4 Å². The summed E-state index contributed by atoms with van der Waals surface area (Å²) in [5.74, 6) is 0. The first-order valence-electron chi connectivity index (χ1n) is 10.4. The van der Waals surface area contributed by atoms with Crippen molar-refractivity contribution in [1.82, 2.24) is 4.98 Å². The van der Waals surface area contributed by atoms with Crippen molar-refractivity contribution in [3.8, 4) is 0 Å². The first-order chi connectivity index (χ1) is 14.2. The van der Waals surface area contributed by atoms with Gasteiger partial charge in [0, 0.05) is 0 Å². The van der Waals surface area contributed by atoms with E-state index in [1.54, 1.807) is 0 Å². The van der Waals surface area contributed by atoms with E-state index in [0.717, 1.165) is 34.2 Å². The molecule has 0 aliphatic heterocycles. The number of hydrogen-bond donors (Lipinski definition) is 0. The number of nitrogens with zero attached hydrogens (tertiary/aromatic N) is 3. The monoisotopic (exact) mass is 561 g/mol. The number of hydrogen-bond acceptors (Lipinski definition) is 3. The Bertz CT molecular complexity index is 1050. The van der Waals surface area contributed by atoms with Gasteiger partial charge < -0.3 is 37.2 Å². The van der Waals surface area contributed by atoms with Crippen molar-refractivity contribution >= 4 is 22.8 Å². The van der Waals surface area contributed by atoms with Crippen molar-refractivity contribution in [1.29, 1.82) is 0 Å². The van der Waals surface area contributed by atoms with Crippen molar-refractivity contribution in [2.24, 2.45) is 9.98 Å². The molecule has 3 rings (SSSR count). The Morgan fingerprint density at radius 2 is 0.882 bits per heavy atom. The van der Waals surface area contributed by atoms with Crippen molar-refractivity contribution < 1.29 is 54.0 Å². The van der Waals surface area contributed by atoms with Crippen LogP contribution in [0.2, 0.25) is 0 Å². The fourth-order valence-corrected chi connectivity index (χ4v) is 3.99. The Hall–Kier alpha value is -1.69. The van der Waals surface area contributed by atoms with Gasteiger partial charge in [-0.1, -0.05) is 41.5 Å². The van der Waals surface area contributed by atoms with Crippen LogP contribution in [0.25, 0.3) is 0 Å². The van der Waals surface area contributed by atoms with E-state index in [0.29, 0.717) is 0 Å². The van der Waals surface area contributed by atoms with E-state index in [4.69, 9.17) is 15.0 Å². The first kappa shape index (κ1) is 34.5. The van der Waals surface area contributed by atoms with Gasteiger partial charge in [-0.25, -0.2) is 4.98 Å². The molecule has 7 heteroatoms. The second kappa shape index (κ2) is 14.6. The summed E-state index contributed by atoms with van der Waals surface area (Å²) in [6.45, 7) is 16.7. The van der Waals surface area contributed by atoms with Crippen molar-refractivity contribution in [2.75, 3.05) is 0 Å². The zero-order valence-corrected chi connectivity index (χ0v) is 24.2. The molecule has 1 heterocycles. The van der Waals surface area contributed by atoms with Crippen LogP contribution in [0.3, 0.4) is 0 Å². The van der Waals surface area contributed by atoms with E-state index < -0.39 is 0 Å². The summed E-state index contributed by atoms with van der Waals surface area (Å²) in [5, 5.41) is 0. The Morgan fingerprint density at radius 3 is 1.18 bits per heavy atom. The van der Waals surface area contributed by atoms with Crippen LogP contribution >= 0.6 is 0 Å². The minimum Gasteiger partial charge on any atom is -1.00 e. The number of pyridine rings is 1. The molecule has 0 amide bonds. The fourth-order valence-electron chi connectivity index (χ4n) is 3.99. The average Bonchev–Trinajstić information content (AvgIpc) is 2.67. The molecule has 0 aliphatic rings. The number of aryl methyl sites for hydroxylation is 6. The molecule has 3 aromatic rings. The SMILES string of the molecule is CC(=Nc1c(C)cc(C)cc1C)c1cccc(C(C)=Nc2c(C)cc(C)cc2C)n1.[Cl-].[Cl-].[Cl-].[Co+3]. The molecule has 0 radical (unpaired) electrons. The standard InChI is InChI=1S/C27H31N3.3ClH.Co/c1-16-12-18(3)26(19(4)13-16)28-22(7)24-10-9-11-25(30-24)23(8)29-27-20(5)14-17(2)15-21(27)6;;;;/h9-15H,1-8H3;3*1H;/q;;;;+3/p-3. The molecule has 0 spiro atoms. The zero-order chi connectivity index (χ0) is 22.0. The molecule has 0 saturated carbocycles. The number of halogens is 3. The Kier molecular flexibility index (Phi) is 14.9. The zero-order valence-electron chi connectivity index (χ0n) is 20.9. The molecule has 34 heavy (non-hydrogen) atoms. The molecular formula is C27H31Cl3CoN3. The summed E-state index contributed by atoms with van der Waals surface area (Å²) in [5.41, 5.74) is 12.9. The summed E-state index contributed by atoms with van der Waals surface area (Å²) >= 11 is 0. The summed E-state index contributed by atoms with van der Waals surface area (Å²) in [4.78, 5) is 14.7. The summed E-state index contributed by atoms with van der Waals surface area (Å²) in [6.07, 6.45) is 0. The van der Waals surface area contributed by atoms with Gasteiger partial charge in [0.25, 0.3) is 0 Å². The van der Waals surface area contributed by atoms with E-state index in [1.807, 2.05) is 32.0 Å². The van der Waals surface area contributed by atoms with Crippen molar-refractivity contribution in [2.45, 2.75) is 55.4 Å². The molecule has 0 saturated heterocycles. The van der Waals surface area contributed by atoms with E-state index in [-0.39, 0.29) is 54.0 Å². The van der Waals surface area contributed by atoms with Gasteiger partial charge in [-0.3, -0.25) is 9.98 Å². The maximum atomic E-state index is 4.91. The summed E-state index contributed by atoms with van der Waals surface area (Å²) in [6, 6.07) is 14.7. The third-order valence-electron chi connectivity index (χ3n) is 5.32. The number of rotatable bonds is 4. The fraction of sp³-hybridized carbons (Fsp3) is 0.296. The Morgan fingerprint density at radius 1 is 0.588 bits per heavy atom.